The molecule has 2 rings (SSSR count). The quantitative estimate of drug-likeness (QED) is 0.286. The molecule has 0 amide bonds. The van der Waals surface area contributed by atoms with Crippen molar-refractivity contribution in [1.29, 1.82) is 0 Å². The van der Waals surface area contributed by atoms with Crippen LogP contribution < -0.4 is 0 Å². The van der Waals surface area contributed by atoms with Crippen LogP contribution in [0.15, 0.2) is 36.4 Å². The molecule has 3 nitrogen and oxygen atoms in total. The lowest BCUT2D eigenvalue weighted by molar-refractivity contribution is 0.164. The summed E-state index contributed by atoms with van der Waals surface area (Å²) in [6.45, 7) is 11.1. The van der Waals surface area contributed by atoms with E-state index < -0.39 is 8.60 Å². The summed E-state index contributed by atoms with van der Waals surface area (Å²) in [5.41, 5.74) is 6.91. The van der Waals surface area contributed by atoms with Crippen LogP contribution in [0.2, 0.25) is 0 Å². The van der Waals surface area contributed by atoms with E-state index in [0.29, 0.717) is 6.61 Å². The first-order chi connectivity index (χ1) is 13.9. The van der Waals surface area contributed by atoms with E-state index in [2.05, 4.69) is 71.0 Å². The van der Waals surface area contributed by atoms with Crippen molar-refractivity contribution < 1.29 is 13.9 Å². The Morgan fingerprint density at radius 3 is 1.83 bits per heavy atom. The maximum absolute atomic E-state index is 10.5. The molecule has 2 aromatic rings. The van der Waals surface area contributed by atoms with Gasteiger partial charge in [0.2, 0.25) is 0 Å². The van der Waals surface area contributed by atoms with Crippen LogP contribution in [-0.4, -0.2) is 11.5 Å². The van der Waals surface area contributed by atoms with E-state index in [-0.39, 0.29) is 6.10 Å². The Balaban J connectivity index is 2.06. The lowest BCUT2D eigenvalue weighted by atomic mass is 9.93. The highest BCUT2D eigenvalue weighted by molar-refractivity contribution is 7.40. The molecule has 0 fully saturated rings. The van der Waals surface area contributed by atoms with Gasteiger partial charge in [-0.3, -0.25) is 4.52 Å². The fraction of sp³-hybridized carbons (Fsp3) is 0.520. The van der Waals surface area contributed by atoms with Crippen molar-refractivity contribution in [2.24, 2.45) is 0 Å². The van der Waals surface area contributed by atoms with Crippen LogP contribution in [0.4, 0.5) is 0 Å². The molecule has 160 valence electrons. The first kappa shape index (κ1) is 24.0. The SMILES string of the molecule is CCCCCCCCOP(O)OC(c1ccc(C)cc1C)c1ccc(C)cc1C. The Morgan fingerprint density at radius 1 is 0.793 bits per heavy atom. The van der Waals surface area contributed by atoms with E-state index >= 15 is 0 Å². The van der Waals surface area contributed by atoms with Gasteiger partial charge in [0, 0.05) is 0 Å². The van der Waals surface area contributed by atoms with E-state index in [1.807, 2.05) is 0 Å². The second kappa shape index (κ2) is 12.4. The van der Waals surface area contributed by atoms with Crippen molar-refractivity contribution in [3.63, 3.8) is 0 Å². The van der Waals surface area contributed by atoms with Crippen LogP contribution in [0.1, 0.15) is 84.9 Å². The third kappa shape index (κ3) is 7.83. The summed E-state index contributed by atoms with van der Waals surface area (Å²) in [5, 5.41) is 0. The largest absolute Gasteiger partial charge is 0.330 e. The number of aryl methyl sites for hydroxylation is 4. The lowest BCUT2D eigenvalue weighted by Gasteiger charge is -2.24. The molecule has 29 heavy (non-hydrogen) atoms. The topological polar surface area (TPSA) is 38.7 Å². The van der Waals surface area contributed by atoms with Crippen LogP contribution in [0.3, 0.4) is 0 Å². The molecule has 0 radical (unpaired) electrons. The van der Waals surface area contributed by atoms with Gasteiger partial charge in [-0.05, 0) is 56.4 Å². The van der Waals surface area contributed by atoms with Gasteiger partial charge >= 0.3 is 8.60 Å². The van der Waals surface area contributed by atoms with Crippen LogP contribution >= 0.6 is 8.60 Å². The Kier molecular flexibility index (Phi) is 10.3. The standard InChI is InChI=1S/C25H37O3P/c1-6-7-8-9-10-11-16-27-29(26)28-25(23-14-12-19(2)17-21(23)4)24-15-13-20(3)18-22(24)5/h12-15,17-18,25-26H,6-11,16H2,1-5H3. The van der Waals surface area contributed by atoms with E-state index in [0.717, 1.165) is 35.1 Å². The molecule has 1 N–H and O–H groups in total. The summed E-state index contributed by atoms with van der Waals surface area (Å²) < 4.78 is 11.8. The average molecular weight is 417 g/mol. The minimum absolute atomic E-state index is 0.336. The normalized spacial score (nSPS) is 12.5. The number of rotatable bonds is 12. The van der Waals surface area contributed by atoms with Gasteiger partial charge < -0.3 is 9.42 Å². The predicted octanol–water partition coefficient (Wildman–Crippen LogP) is 7.62. The fourth-order valence-corrected chi connectivity index (χ4v) is 4.42. The molecular formula is C25H37O3P. The lowest BCUT2D eigenvalue weighted by Crippen LogP contribution is -2.09. The van der Waals surface area contributed by atoms with Gasteiger partial charge in [0.15, 0.2) is 0 Å². The minimum Gasteiger partial charge on any atom is -0.328 e. The highest BCUT2D eigenvalue weighted by atomic mass is 31.2. The summed E-state index contributed by atoms with van der Waals surface area (Å²) in [7, 11) is -1.93. The van der Waals surface area contributed by atoms with Gasteiger partial charge in [-0.2, -0.15) is 0 Å². The summed E-state index contributed by atoms with van der Waals surface area (Å²) in [6, 6.07) is 12.7. The van der Waals surface area contributed by atoms with Gasteiger partial charge in [0.1, 0.15) is 6.10 Å². The average Bonchev–Trinajstić information content (AvgIpc) is 2.66. The van der Waals surface area contributed by atoms with Crippen LogP contribution in [0.25, 0.3) is 0 Å². The van der Waals surface area contributed by atoms with Crippen molar-refractivity contribution >= 4 is 8.60 Å². The maximum atomic E-state index is 10.5. The van der Waals surface area contributed by atoms with Crippen LogP contribution in [0.5, 0.6) is 0 Å². The van der Waals surface area contributed by atoms with Gasteiger partial charge in [-0.1, -0.05) is 86.6 Å². The summed E-state index contributed by atoms with van der Waals surface area (Å²) in [4.78, 5) is 10.5. The Labute approximate surface area is 178 Å². The molecule has 0 aliphatic heterocycles. The zero-order valence-electron chi connectivity index (χ0n) is 18.7. The molecule has 0 saturated heterocycles. The number of benzene rings is 2. The second-order valence-electron chi connectivity index (χ2n) is 8.04. The molecule has 1 atom stereocenters. The van der Waals surface area contributed by atoms with Gasteiger partial charge in [-0.25, -0.2) is 0 Å². The molecule has 0 aliphatic carbocycles. The second-order valence-corrected chi connectivity index (χ2v) is 8.99. The van der Waals surface area contributed by atoms with Gasteiger partial charge in [0.25, 0.3) is 0 Å². The molecule has 0 saturated carbocycles. The summed E-state index contributed by atoms with van der Waals surface area (Å²) in [6.07, 6.45) is 6.83. The van der Waals surface area contributed by atoms with Gasteiger partial charge in [-0.15, -0.1) is 0 Å². The van der Waals surface area contributed by atoms with Crippen molar-refractivity contribution in [1.82, 2.24) is 0 Å². The number of hydrogen-bond acceptors (Lipinski definition) is 3. The van der Waals surface area contributed by atoms with Crippen molar-refractivity contribution in [2.45, 2.75) is 79.2 Å². The highest BCUT2D eigenvalue weighted by Gasteiger charge is 2.23. The van der Waals surface area contributed by atoms with Crippen LogP contribution in [-0.2, 0) is 9.05 Å². The zero-order valence-corrected chi connectivity index (χ0v) is 19.6. The molecule has 0 heterocycles. The molecular weight excluding hydrogens is 379 g/mol. The Bertz CT molecular complexity index is 708. The van der Waals surface area contributed by atoms with E-state index in [4.69, 9.17) is 9.05 Å². The molecule has 2 aromatic carbocycles. The molecule has 0 aromatic heterocycles. The Hall–Kier alpha value is -1.25. The van der Waals surface area contributed by atoms with E-state index in [9.17, 15) is 4.89 Å². The summed E-state index contributed by atoms with van der Waals surface area (Å²) in [5.74, 6) is 0. The van der Waals surface area contributed by atoms with E-state index in [1.165, 1.54) is 36.8 Å². The van der Waals surface area contributed by atoms with Crippen molar-refractivity contribution in [3.8, 4) is 0 Å². The number of hydrogen-bond donors (Lipinski definition) is 1. The summed E-state index contributed by atoms with van der Waals surface area (Å²) >= 11 is 0. The zero-order chi connectivity index (χ0) is 21.2. The molecule has 1 unspecified atom stereocenters. The molecule has 4 heteroatoms. The van der Waals surface area contributed by atoms with E-state index in [1.54, 1.807) is 0 Å². The predicted molar refractivity (Wildman–Crippen MR) is 123 cm³/mol. The molecule has 0 bridgehead atoms. The maximum Gasteiger partial charge on any atom is 0.330 e. The highest BCUT2D eigenvalue weighted by Crippen LogP contribution is 2.44. The fourth-order valence-electron chi connectivity index (χ4n) is 3.67. The van der Waals surface area contributed by atoms with Gasteiger partial charge in [0.05, 0.1) is 6.61 Å². The first-order valence-corrected chi connectivity index (χ1v) is 12.0. The minimum atomic E-state index is -1.93. The van der Waals surface area contributed by atoms with Crippen molar-refractivity contribution in [3.05, 3.63) is 69.8 Å². The third-order valence-corrected chi connectivity index (χ3v) is 6.11. The monoisotopic (exact) mass is 416 g/mol. The number of unbranched alkanes of at least 4 members (excludes halogenated alkanes) is 5. The smallest absolute Gasteiger partial charge is 0.328 e. The first-order valence-electron chi connectivity index (χ1n) is 10.9. The molecule has 0 spiro atoms. The van der Waals surface area contributed by atoms with Crippen LogP contribution in [0, 0.1) is 27.7 Å². The molecule has 0 aliphatic rings. The Morgan fingerprint density at radius 2 is 1.31 bits per heavy atom. The van der Waals surface area contributed by atoms with Crippen molar-refractivity contribution in [2.75, 3.05) is 6.61 Å². The third-order valence-electron chi connectivity index (χ3n) is 5.31.